The average molecular weight is 179 g/mol. The highest BCUT2D eigenvalue weighted by Crippen LogP contribution is 2.24. The number of aryl methyl sites for hydroxylation is 1. The van der Waals surface area contributed by atoms with Crippen molar-refractivity contribution in [3.8, 4) is 0 Å². The van der Waals surface area contributed by atoms with Crippen molar-refractivity contribution in [1.29, 1.82) is 0 Å². The third kappa shape index (κ3) is 1.64. The fourth-order valence-electron chi connectivity index (χ4n) is 0.987. The Kier molecular flexibility index (Phi) is 2.27. The number of hydrogen-bond acceptors (Lipinski definition) is 4. The summed E-state index contributed by atoms with van der Waals surface area (Å²) >= 11 is 0. The Morgan fingerprint density at radius 1 is 1.54 bits per heavy atom. The van der Waals surface area contributed by atoms with Crippen molar-refractivity contribution in [2.45, 2.75) is 6.92 Å². The number of carbonyl (C=O) groups excluding carboxylic acids is 1. The van der Waals surface area contributed by atoms with Gasteiger partial charge in [-0.25, -0.2) is 0 Å². The zero-order valence-corrected chi connectivity index (χ0v) is 6.90. The fraction of sp³-hybridized carbons (Fsp3) is 0.125. The van der Waals surface area contributed by atoms with Crippen molar-refractivity contribution in [1.82, 2.24) is 0 Å². The van der Waals surface area contributed by atoms with E-state index in [0.29, 0.717) is 5.56 Å². The zero-order chi connectivity index (χ0) is 10.0. The molecule has 5 nitrogen and oxygen atoms in total. The fourth-order valence-corrected chi connectivity index (χ4v) is 0.987. The summed E-state index contributed by atoms with van der Waals surface area (Å²) in [5.74, 6) is 0. The van der Waals surface area contributed by atoms with Gasteiger partial charge < -0.3 is 5.73 Å². The molecule has 1 aromatic carbocycles. The van der Waals surface area contributed by atoms with Gasteiger partial charge in [0.1, 0.15) is 5.69 Å². The third-order valence-electron chi connectivity index (χ3n) is 1.68. The quantitative estimate of drug-likeness (QED) is 0.416. The van der Waals surface area contributed by atoms with Gasteiger partial charge in [-0.3, -0.25) is 14.9 Å². The Labute approximate surface area is 74.3 Å². The van der Waals surface area contributed by atoms with E-state index >= 15 is 0 Å². The van der Waals surface area contributed by atoms with Gasteiger partial charge in [-0.2, -0.15) is 0 Å². The average Bonchev–Trinajstić information content (AvgIpc) is 2.03. The molecule has 0 atom stereocenters. The lowest BCUT2D eigenvalue weighted by Crippen LogP contribution is -1.98. The molecule has 1 aromatic rings. The lowest BCUT2D eigenvalue weighted by atomic mass is 10.1. The highest BCUT2D eigenvalue weighted by molar-refractivity contribution is 5.81. The predicted octanol–water partition coefficient (Wildman–Crippen LogP) is 0.943. The van der Waals surface area contributed by atoms with Crippen LogP contribution in [-0.2, 0) is 4.79 Å². The summed E-state index contributed by atoms with van der Waals surface area (Å²) in [5, 5.41) is 10.4. The molecule has 13 heavy (non-hydrogen) atoms. The van der Waals surface area contributed by atoms with Gasteiger partial charge in [0, 0.05) is 11.6 Å². The van der Waals surface area contributed by atoms with Crippen LogP contribution in [0.1, 0.15) is 11.1 Å². The molecule has 0 bridgehead atoms. The molecule has 1 radical (unpaired) electrons. The zero-order valence-electron chi connectivity index (χ0n) is 6.90. The van der Waals surface area contributed by atoms with E-state index in [4.69, 9.17) is 5.73 Å². The number of nitrogens with two attached hydrogens (primary N) is 1. The number of hydrogen-bond donors (Lipinski definition) is 1. The van der Waals surface area contributed by atoms with Crippen LogP contribution < -0.4 is 5.73 Å². The molecule has 0 fully saturated rings. The number of nitrogen functional groups attached to an aromatic ring is 1. The molecule has 0 aliphatic heterocycles. The minimum Gasteiger partial charge on any atom is -0.393 e. The first-order chi connectivity index (χ1) is 6.06. The minimum absolute atomic E-state index is 0.0569. The molecule has 0 unspecified atom stereocenters. The second-order valence-electron chi connectivity index (χ2n) is 2.59. The van der Waals surface area contributed by atoms with Crippen LogP contribution in [0.4, 0.5) is 11.4 Å². The smallest absolute Gasteiger partial charge is 0.292 e. The molecule has 1 rings (SSSR count). The standard InChI is InChI=1S/C8H7N2O3/c1-5-2-7(9)8(10(12)13)3-6(5)4-11/h2-3H,9H2,1H3. The van der Waals surface area contributed by atoms with Crippen LogP contribution in [0, 0.1) is 17.0 Å². The number of nitrogens with zero attached hydrogens (tertiary/aromatic N) is 1. The van der Waals surface area contributed by atoms with Gasteiger partial charge in [-0.1, -0.05) is 0 Å². The van der Waals surface area contributed by atoms with E-state index in [9.17, 15) is 14.9 Å². The van der Waals surface area contributed by atoms with Crippen molar-refractivity contribution in [2.75, 3.05) is 5.73 Å². The van der Waals surface area contributed by atoms with Gasteiger partial charge in [0.05, 0.1) is 4.92 Å². The van der Waals surface area contributed by atoms with Gasteiger partial charge in [0.15, 0.2) is 0 Å². The number of nitro groups is 1. The molecule has 0 spiro atoms. The van der Waals surface area contributed by atoms with E-state index in [2.05, 4.69) is 0 Å². The van der Waals surface area contributed by atoms with E-state index in [1.165, 1.54) is 6.07 Å². The lowest BCUT2D eigenvalue weighted by Gasteiger charge is -2.00. The third-order valence-corrected chi connectivity index (χ3v) is 1.68. The summed E-state index contributed by atoms with van der Waals surface area (Å²) < 4.78 is 0. The van der Waals surface area contributed by atoms with Crippen LogP contribution in [-0.4, -0.2) is 11.2 Å². The summed E-state index contributed by atoms with van der Waals surface area (Å²) in [6, 6.07) is 2.51. The van der Waals surface area contributed by atoms with Gasteiger partial charge in [0.25, 0.3) is 5.69 Å². The first-order valence-electron chi connectivity index (χ1n) is 3.49. The maximum atomic E-state index is 10.4. The molecular weight excluding hydrogens is 172 g/mol. The van der Waals surface area contributed by atoms with E-state index in [0.717, 1.165) is 6.07 Å². The lowest BCUT2D eigenvalue weighted by molar-refractivity contribution is -0.383. The van der Waals surface area contributed by atoms with Gasteiger partial charge in [0.2, 0.25) is 6.29 Å². The summed E-state index contributed by atoms with van der Waals surface area (Å²) in [4.78, 5) is 20.1. The van der Waals surface area contributed by atoms with E-state index in [1.807, 2.05) is 0 Å². The second-order valence-corrected chi connectivity index (χ2v) is 2.59. The van der Waals surface area contributed by atoms with Crippen LogP contribution in [0.15, 0.2) is 12.1 Å². The monoisotopic (exact) mass is 179 g/mol. The van der Waals surface area contributed by atoms with Crippen molar-refractivity contribution in [3.63, 3.8) is 0 Å². The topological polar surface area (TPSA) is 86.2 Å². The number of rotatable bonds is 2. The van der Waals surface area contributed by atoms with Crippen LogP contribution in [0.2, 0.25) is 0 Å². The molecule has 0 aromatic heterocycles. The predicted molar refractivity (Wildman–Crippen MR) is 47.0 cm³/mol. The Hall–Kier alpha value is -1.91. The van der Waals surface area contributed by atoms with Gasteiger partial charge in [-0.15, -0.1) is 0 Å². The number of anilines is 1. The normalized spacial score (nSPS) is 9.62. The van der Waals surface area contributed by atoms with Crippen molar-refractivity contribution >= 4 is 17.7 Å². The largest absolute Gasteiger partial charge is 0.393 e. The summed E-state index contributed by atoms with van der Waals surface area (Å²) in [6.45, 7) is 1.64. The van der Waals surface area contributed by atoms with E-state index < -0.39 is 4.92 Å². The van der Waals surface area contributed by atoms with Gasteiger partial charge >= 0.3 is 0 Å². The Morgan fingerprint density at radius 3 is 2.62 bits per heavy atom. The Bertz CT molecular complexity index is 374. The maximum absolute atomic E-state index is 10.4. The minimum atomic E-state index is -0.629. The van der Waals surface area contributed by atoms with Crippen molar-refractivity contribution in [2.24, 2.45) is 0 Å². The summed E-state index contributed by atoms with van der Waals surface area (Å²) in [6.07, 6.45) is 1.61. The molecule has 2 N–H and O–H groups in total. The molecule has 0 saturated carbocycles. The Balaban J connectivity index is 3.38. The maximum Gasteiger partial charge on any atom is 0.292 e. The number of benzene rings is 1. The SMILES string of the molecule is Cc1cc(N)c([N+](=O)[O-])cc1[C]=O. The molecular formula is C8H7N2O3. The summed E-state index contributed by atoms with van der Waals surface area (Å²) in [7, 11) is 0. The highest BCUT2D eigenvalue weighted by Gasteiger charge is 2.13. The summed E-state index contributed by atoms with van der Waals surface area (Å²) in [5.41, 5.74) is 5.92. The Morgan fingerprint density at radius 2 is 2.15 bits per heavy atom. The van der Waals surface area contributed by atoms with Crippen molar-refractivity contribution < 1.29 is 9.72 Å². The van der Waals surface area contributed by atoms with Crippen LogP contribution in [0.3, 0.4) is 0 Å². The molecule has 67 valence electrons. The van der Waals surface area contributed by atoms with Crippen LogP contribution in [0.25, 0.3) is 0 Å². The molecule has 5 heteroatoms. The first kappa shape index (κ1) is 9.18. The second kappa shape index (κ2) is 3.22. The first-order valence-corrected chi connectivity index (χ1v) is 3.49. The van der Waals surface area contributed by atoms with Gasteiger partial charge in [-0.05, 0) is 18.6 Å². The van der Waals surface area contributed by atoms with E-state index in [1.54, 1.807) is 13.2 Å². The van der Waals surface area contributed by atoms with Crippen LogP contribution in [0.5, 0.6) is 0 Å². The molecule has 0 heterocycles. The van der Waals surface area contributed by atoms with Crippen molar-refractivity contribution in [3.05, 3.63) is 33.4 Å². The van der Waals surface area contributed by atoms with E-state index in [-0.39, 0.29) is 16.9 Å². The number of nitro benzene ring substituents is 1. The molecule has 0 amide bonds. The molecule has 0 aliphatic rings. The highest BCUT2D eigenvalue weighted by atomic mass is 16.6. The molecule has 0 saturated heterocycles. The molecule has 0 aliphatic carbocycles. The van der Waals surface area contributed by atoms with Crippen LogP contribution >= 0.6 is 0 Å².